The van der Waals surface area contributed by atoms with Gasteiger partial charge in [0, 0.05) is 18.3 Å². The summed E-state index contributed by atoms with van der Waals surface area (Å²) in [6.07, 6.45) is 3.83. The van der Waals surface area contributed by atoms with E-state index in [0.29, 0.717) is 6.61 Å². The fourth-order valence-electron chi connectivity index (χ4n) is 2.64. The van der Waals surface area contributed by atoms with E-state index in [1.54, 1.807) is 7.11 Å². The molecule has 0 saturated carbocycles. The molecule has 1 saturated heterocycles. The molecule has 0 aromatic heterocycles. The number of piperidine rings is 1. The number of hydrogen-bond donors (Lipinski definition) is 2. The van der Waals surface area contributed by atoms with Gasteiger partial charge in [0.1, 0.15) is 0 Å². The minimum absolute atomic E-state index is 0.652. The number of ether oxygens (including phenoxy) is 2. The van der Waals surface area contributed by atoms with E-state index in [9.17, 15) is 0 Å². The largest absolute Gasteiger partial charge is 0.493 e. The standard InChI is InChI=1S/C16H26N2O2/c1-3-20-15-5-4-14(12-16(15)19-2)18-11-8-13-6-9-17-10-7-13/h4-5,12-13,17-18H,3,6-11H2,1-2H3. The molecule has 2 N–H and O–H groups in total. The van der Waals surface area contributed by atoms with Gasteiger partial charge in [-0.2, -0.15) is 0 Å². The third-order valence-corrected chi connectivity index (χ3v) is 3.80. The maximum Gasteiger partial charge on any atom is 0.162 e. The molecule has 0 radical (unpaired) electrons. The van der Waals surface area contributed by atoms with Crippen molar-refractivity contribution in [2.45, 2.75) is 26.2 Å². The van der Waals surface area contributed by atoms with Gasteiger partial charge in [0.25, 0.3) is 0 Å². The molecule has 1 aliphatic rings. The van der Waals surface area contributed by atoms with E-state index < -0.39 is 0 Å². The molecule has 0 unspecified atom stereocenters. The van der Waals surface area contributed by atoms with Crippen LogP contribution in [-0.4, -0.2) is 33.4 Å². The van der Waals surface area contributed by atoms with Crippen molar-refractivity contribution < 1.29 is 9.47 Å². The maximum absolute atomic E-state index is 5.52. The van der Waals surface area contributed by atoms with Gasteiger partial charge in [-0.15, -0.1) is 0 Å². The Kier molecular flexibility index (Phi) is 5.99. The summed E-state index contributed by atoms with van der Waals surface area (Å²) in [5, 5.41) is 6.89. The topological polar surface area (TPSA) is 42.5 Å². The number of methoxy groups -OCH3 is 1. The van der Waals surface area contributed by atoms with E-state index in [4.69, 9.17) is 9.47 Å². The molecule has 20 heavy (non-hydrogen) atoms. The van der Waals surface area contributed by atoms with Gasteiger partial charge in [-0.3, -0.25) is 0 Å². The zero-order valence-corrected chi connectivity index (χ0v) is 12.6. The summed E-state index contributed by atoms with van der Waals surface area (Å²) in [6.45, 7) is 5.98. The fourth-order valence-corrected chi connectivity index (χ4v) is 2.64. The second-order valence-corrected chi connectivity index (χ2v) is 5.21. The molecular weight excluding hydrogens is 252 g/mol. The van der Waals surface area contributed by atoms with Crippen LogP contribution in [0.2, 0.25) is 0 Å². The summed E-state index contributed by atoms with van der Waals surface area (Å²) in [6, 6.07) is 6.03. The number of rotatable bonds is 7. The van der Waals surface area contributed by atoms with Gasteiger partial charge in [0.2, 0.25) is 0 Å². The molecule has 1 aliphatic heterocycles. The average molecular weight is 278 g/mol. The molecule has 0 amide bonds. The Morgan fingerprint density at radius 2 is 2.05 bits per heavy atom. The molecule has 2 rings (SSSR count). The van der Waals surface area contributed by atoms with Crippen LogP contribution in [0.4, 0.5) is 5.69 Å². The summed E-state index contributed by atoms with van der Waals surface area (Å²) in [5.41, 5.74) is 1.10. The first-order chi connectivity index (χ1) is 9.83. The van der Waals surface area contributed by atoms with E-state index in [1.807, 2.05) is 19.1 Å². The van der Waals surface area contributed by atoms with Crippen molar-refractivity contribution in [2.24, 2.45) is 5.92 Å². The Morgan fingerprint density at radius 3 is 2.75 bits per heavy atom. The van der Waals surface area contributed by atoms with Crippen LogP contribution in [0, 0.1) is 5.92 Å². The minimum Gasteiger partial charge on any atom is -0.493 e. The van der Waals surface area contributed by atoms with Crippen molar-refractivity contribution in [1.82, 2.24) is 5.32 Å². The van der Waals surface area contributed by atoms with Gasteiger partial charge in [-0.05, 0) is 57.3 Å². The molecule has 4 heteroatoms. The highest BCUT2D eigenvalue weighted by Crippen LogP contribution is 2.30. The van der Waals surface area contributed by atoms with Crippen LogP contribution >= 0.6 is 0 Å². The van der Waals surface area contributed by atoms with Crippen LogP contribution in [0.5, 0.6) is 11.5 Å². The molecular formula is C16H26N2O2. The van der Waals surface area contributed by atoms with Crippen molar-refractivity contribution in [3.05, 3.63) is 18.2 Å². The third kappa shape index (κ3) is 4.30. The monoisotopic (exact) mass is 278 g/mol. The van der Waals surface area contributed by atoms with Crippen molar-refractivity contribution in [1.29, 1.82) is 0 Å². The molecule has 0 atom stereocenters. The molecule has 0 bridgehead atoms. The fraction of sp³-hybridized carbons (Fsp3) is 0.625. The number of anilines is 1. The van der Waals surface area contributed by atoms with Crippen molar-refractivity contribution in [3.63, 3.8) is 0 Å². The van der Waals surface area contributed by atoms with E-state index in [1.165, 1.54) is 32.4 Å². The first-order valence-corrected chi connectivity index (χ1v) is 7.59. The van der Waals surface area contributed by atoms with Crippen LogP contribution in [0.1, 0.15) is 26.2 Å². The normalized spacial score (nSPS) is 15.9. The summed E-state index contributed by atoms with van der Waals surface area (Å²) >= 11 is 0. The Hall–Kier alpha value is -1.42. The lowest BCUT2D eigenvalue weighted by atomic mass is 9.95. The summed E-state index contributed by atoms with van der Waals surface area (Å²) in [4.78, 5) is 0. The quantitative estimate of drug-likeness (QED) is 0.805. The Bertz CT molecular complexity index is 403. The van der Waals surface area contributed by atoms with E-state index in [-0.39, 0.29) is 0 Å². The summed E-state index contributed by atoms with van der Waals surface area (Å²) in [7, 11) is 1.68. The molecule has 1 aromatic rings. The van der Waals surface area contributed by atoms with Crippen LogP contribution in [0.15, 0.2) is 18.2 Å². The first-order valence-electron chi connectivity index (χ1n) is 7.59. The van der Waals surface area contributed by atoms with Gasteiger partial charge >= 0.3 is 0 Å². The highest BCUT2D eigenvalue weighted by atomic mass is 16.5. The zero-order chi connectivity index (χ0) is 14.2. The SMILES string of the molecule is CCOc1ccc(NCCC2CCNCC2)cc1OC. The van der Waals surface area contributed by atoms with Gasteiger partial charge in [0.05, 0.1) is 13.7 Å². The predicted octanol–water partition coefficient (Wildman–Crippen LogP) is 2.90. The van der Waals surface area contributed by atoms with Gasteiger partial charge < -0.3 is 20.1 Å². The molecule has 1 fully saturated rings. The highest BCUT2D eigenvalue weighted by Gasteiger charge is 2.12. The number of benzene rings is 1. The molecule has 4 nitrogen and oxygen atoms in total. The van der Waals surface area contributed by atoms with Gasteiger partial charge in [-0.1, -0.05) is 0 Å². The van der Waals surface area contributed by atoms with Crippen molar-refractivity contribution in [3.8, 4) is 11.5 Å². The summed E-state index contributed by atoms with van der Waals surface area (Å²) < 4.78 is 10.9. The molecule has 0 spiro atoms. The van der Waals surface area contributed by atoms with E-state index in [2.05, 4.69) is 16.7 Å². The Labute approximate surface area is 121 Å². The highest BCUT2D eigenvalue weighted by molar-refractivity contribution is 5.54. The Morgan fingerprint density at radius 1 is 1.25 bits per heavy atom. The second kappa shape index (κ2) is 8.00. The van der Waals surface area contributed by atoms with Gasteiger partial charge in [-0.25, -0.2) is 0 Å². The maximum atomic E-state index is 5.52. The number of hydrogen-bond acceptors (Lipinski definition) is 4. The molecule has 112 valence electrons. The van der Waals surface area contributed by atoms with Crippen LogP contribution < -0.4 is 20.1 Å². The first kappa shape index (κ1) is 15.0. The lowest BCUT2D eigenvalue weighted by Crippen LogP contribution is -2.28. The Balaban J connectivity index is 1.82. The molecule has 1 heterocycles. The van der Waals surface area contributed by atoms with Crippen LogP contribution in [0.3, 0.4) is 0 Å². The number of nitrogens with one attached hydrogen (secondary N) is 2. The van der Waals surface area contributed by atoms with Crippen LogP contribution in [0.25, 0.3) is 0 Å². The van der Waals surface area contributed by atoms with E-state index >= 15 is 0 Å². The lowest BCUT2D eigenvalue weighted by Gasteiger charge is -2.22. The van der Waals surface area contributed by atoms with Crippen molar-refractivity contribution in [2.75, 3.05) is 38.7 Å². The lowest BCUT2D eigenvalue weighted by molar-refractivity contribution is 0.311. The molecule has 0 aliphatic carbocycles. The molecule has 1 aromatic carbocycles. The van der Waals surface area contributed by atoms with Crippen LogP contribution in [-0.2, 0) is 0 Å². The minimum atomic E-state index is 0.652. The predicted molar refractivity (Wildman–Crippen MR) is 82.9 cm³/mol. The zero-order valence-electron chi connectivity index (χ0n) is 12.6. The third-order valence-electron chi connectivity index (χ3n) is 3.80. The smallest absolute Gasteiger partial charge is 0.162 e. The van der Waals surface area contributed by atoms with Crippen molar-refractivity contribution >= 4 is 5.69 Å². The average Bonchev–Trinajstić information content (AvgIpc) is 2.50. The second-order valence-electron chi connectivity index (χ2n) is 5.21. The summed E-state index contributed by atoms with van der Waals surface area (Å²) in [5.74, 6) is 2.45. The van der Waals surface area contributed by atoms with E-state index in [0.717, 1.165) is 29.6 Å². The van der Waals surface area contributed by atoms with Gasteiger partial charge in [0.15, 0.2) is 11.5 Å².